The summed E-state index contributed by atoms with van der Waals surface area (Å²) in [6.45, 7) is 5.90. The number of ketones is 2. The molecule has 0 radical (unpaired) electrons. The molecule has 2 aromatic rings. The summed E-state index contributed by atoms with van der Waals surface area (Å²) in [5.74, 6) is -1.06. The summed E-state index contributed by atoms with van der Waals surface area (Å²) in [6.07, 6.45) is 0. The van der Waals surface area contributed by atoms with Gasteiger partial charge in [-0.05, 0) is 62.4 Å². The van der Waals surface area contributed by atoms with Gasteiger partial charge in [-0.15, -0.1) is 0 Å². The van der Waals surface area contributed by atoms with Crippen molar-refractivity contribution in [1.82, 2.24) is 0 Å². The molecule has 2 aromatic carbocycles. The molecule has 0 bridgehead atoms. The molecular weight excluding hydrogens is 278 g/mol. The van der Waals surface area contributed by atoms with Crippen LogP contribution in [0.4, 0.5) is 5.69 Å². The van der Waals surface area contributed by atoms with Crippen LogP contribution in [0.5, 0.6) is 5.75 Å². The molecule has 0 aliphatic heterocycles. The van der Waals surface area contributed by atoms with Gasteiger partial charge in [0, 0.05) is 29.9 Å². The Morgan fingerprint density at radius 1 is 0.818 bits per heavy atom. The van der Waals surface area contributed by atoms with E-state index in [4.69, 9.17) is 0 Å². The van der Waals surface area contributed by atoms with Gasteiger partial charge in [-0.25, -0.2) is 0 Å². The summed E-state index contributed by atoms with van der Waals surface area (Å²) < 4.78 is 0. The maximum Gasteiger partial charge on any atom is 0.233 e. The number of carbonyl (C=O) groups is 2. The minimum atomic E-state index is -0.574. The highest BCUT2D eigenvalue weighted by molar-refractivity contribution is 6.49. The number of aromatic hydroxyl groups is 1. The molecule has 2 rings (SSSR count). The number of nitrogens with zero attached hydrogens (tertiary/aromatic N) is 1. The SMILES string of the molecule is CCN(CC)c1ccc(C(=O)C(=O)c2ccc(O)cc2)cc1. The van der Waals surface area contributed by atoms with Gasteiger partial charge in [-0.1, -0.05) is 0 Å². The molecule has 1 N–H and O–H groups in total. The van der Waals surface area contributed by atoms with Crippen LogP contribution in [-0.2, 0) is 0 Å². The van der Waals surface area contributed by atoms with E-state index in [0.29, 0.717) is 5.56 Å². The van der Waals surface area contributed by atoms with Crippen molar-refractivity contribution in [3.8, 4) is 5.75 Å². The largest absolute Gasteiger partial charge is 0.508 e. The van der Waals surface area contributed by atoms with E-state index in [2.05, 4.69) is 18.7 Å². The van der Waals surface area contributed by atoms with E-state index in [1.165, 1.54) is 24.3 Å². The van der Waals surface area contributed by atoms with E-state index in [-0.39, 0.29) is 11.3 Å². The normalized spacial score (nSPS) is 10.3. The molecule has 114 valence electrons. The van der Waals surface area contributed by atoms with Crippen molar-refractivity contribution in [1.29, 1.82) is 0 Å². The second kappa shape index (κ2) is 6.89. The number of hydrogen-bond donors (Lipinski definition) is 1. The van der Waals surface area contributed by atoms with Crippen LogP contribution in [0.1, 0.15) is 34.6 Å². The number of phenols is 1. The smallest absolute Gasteiger partial charge is 0.233 e. The average molecular weight is 297 g/mol. The van der Waals surface area contributed by atoms with E-state index in [9.17, 15) is 14.7 Å². The minimum absolute atomic E-state index is 0.0626. The van der Waals surface area contributed by atoms with Crippen LogP contribution in [0.25, 0.3) is 0 Å². The Kier molecular flexibility index (Phi) is 4.94. The Balaban J connectivity index is 2.19. The van der Waals surface area contributed by atoms with Crippen LogP contribution in [0, 0.1) is 0 Å². The van der Waals surface area contributed by atoms with Gasteiger partial charge in [0.2, 0.25) is 11.6 Å². The first-order valence-electron chi connectivity index (χ1n) is 7.29. The number of phenolic OH excluding ortho intramolecular Hbond substituents is 1. The van der Waals surface area contributed by atoms with Crippen molar-refractivity contribution in [2.75, 3.05) is 18.0 Å². The second-order valence-corrected chi connectivity index (χ2v) is 4.92. The number of carbonyl (C=O) groups excluding carboxylic acids is 2. The Morgan fingerprint density at radius 2 is 1.23 bits per heavy atom. The zero-order chi connectivity index (χ0) is 16.1. The lowest BCUT2D eigenvalue weighted by Crippen LogP contribution is -2.22. The molecule has 4 nitrogen and oxygen atoms in total. The highest BCUT2D eigenvalue weighted by Gasteiger charge is 2.18. The molecule has 4 heteroatoms. The summed E-state index contributed by atoms with van der Waals surface area (Å²) in [5.41, 5.74) is 1.67. The molecule has 0 atom stereocenters. The third-order valence-corrected chi connectivity index (χ3v) is 3.59. The van der Waals surface area contributed by atoms with Gasteiger partial charge >= 0.3 is 0 Å². The standard InChI is InChI=1S/C18H19NO3/c1-3-19(4-2)15-9-5-13(6-10-15)17(21)18(22)14-7-11-16(20)12-8-14/h5-12,20H,3-4H2,1-2H3. The van der Waals surface area contributed by atoms with E-state index in [0.717, 1.165) is 18.8 Å². The van der Waals surface area contributed by atoms with Gasteiger partial charge in [0.15, 0.2) is 0 Å². The predicted molar refractivity (Wildman–Crippen MR) is 86.8 cm³/mol. The van der Waals surface area contributed by atoms with Crippen LogP contribution in [0.3, 0.4) is 0 Å². The highest BCUT2D eigenvalue weighted by atomic mass is 16.3. The molecule has 0 heterocycles. The van der Waals surface area contributed by atoms with Crippen molar-refractivity contribution in [2.24, 2.45) is 0 Å². The fraction of sp³-hybridized carbons (Fsp3) is 0.222. The van der Waals surface area contributed by atoms with E-state index in [1.807, 2.05) is 12.1 Å². The first-order chi connectivity index (χ1) is 10.6. The van der Waals surface area contributed by atoms with Gasteiger partial charge in [0.25, 0.3) is 0 Å². The Bertz CT molecular complexity index is 656. The molecule has 0 aliphatic rings. The molecule has 0 spiro atoms. The van der Waals surface area contributed by atoms with Crippen LogP contribution in [0.2, 0.25) is 0 Å². The Labute approximate surface area is 130 Å². The fourth-order valence-corrected chi connectivity index (χ4v) is 2.29. The maximum absolute atomic E-state index is 12.2. The molecule has 0 saturated heterocycles. The Hall–Kier alpha value is -2.62. The lowest BCUT2D eigenvalue weighted by molar-refractivity contribution is 0.0817. The van der Waals surface area contributed by atoms with Crippen LogP contribution in [0.15, 0.2) is 48.5 Å². The molecule has 22 heavy (non-hydrogen) atoms. The van der Waals surface area contributed by atoms with Crippen LogP contribution in [-0.4, -0.2) is 29.8 Å². The zero-order valence-corrected chi connectivity index (χ0v) is 12.7. The Morgan fingerprint density at radius 3 is 1.64 bits per heavy atom. The molecular formula is C18H19NO3. The average Bonchev–Trinajstić information content (AvgIpc) is 2.56. The molecule has 0 aliphatic carbocycles. The third-order valence-electron chi connectivity index (χ3n) is 3.59. The van der Waals surface area contributed by atoms with E-state index >= 15 is 0 Å². The number of benzene rings is 2. The molecule has 0 unspecified atom stereocenters. The summed E-state index contributed by atoms with van der Waals surface area (Å²) in [7, 11) is 0. The lowest BCUT2D eigenvalue weighted by Gasteiger charge is -2.20. The van der Waals surface area contributed by atoms with E-state index < -0.39 is 11.6 Å². The maximum atomic E-state index is 12.2. The summed E-state index contributed by atoms with van der Waals surface area (Å²) in [5, 5.41) is 9.22. The van der Waals surface area contributed by atoms with Crippen molar-refractivity contribution < 1.29 is 14.7 Å². The minimum Gasteiger partial charge on any atom is -0.508 e. The first kappa shape index (κ1) is 15.8. The first-order valence-corrected chi connectivity index (χ1v) is 7.29. The lowest BCUT2D eigenvalue weighted by atomic mass is 10.0. The number of rotatable bonds is 6. The van der Waals surface area contributed by atoms with Crippen molar-refractivity contribution in [3.05, 3.63) is 59.7 Å². The van der Waals surface area contributed by atoms with Gasteiger partial charge < -0.3 is 10.0 Å². The van der Waals surface area contributed by atoms with Gasteiger partial charge in [-0.3, -0.25) is 9.59 Å². The monoisotopic (exact) mass is 297 g/mol. The van der Waals surface area contributed by atoms with Crippen LogP contribution >= 0.6 is 0 Å². The van der Waals surface area contributed by atoms with Gasteiger partial charge in [0.1, 0.15) is 5.75 Å². The molecule has 0 saturated carbocycles. The topological polar surface area (TPSA) is 57.6 Å². The highest BCUT2D eigenvalue weighted by Crippen LogP contribution is 2.17. The fourth-order valence-electron chi connectivity index (χ4n) is 2.29. The van der Waals surface area contributed by atoms with Gasteiger partial charge in [-0.2, -0.15) is 0 Å². The number of hydrogen-bond acceptors (Lipinski definition) is 4. The van der Waals surface area contributed by atoms with Crippen molar-refractivity contribution in [2.45, 2.75) is 13.8 Å². The summed E-state index contributed by atoms with van der Waals surface area (Å²) in [4.78, 5) is 26.5. The second-order valence-electron chi connectivity index (χ2n) is 4.92. The van der Waals surface area contributed by atoms with Gasteiger partial charge in [0.05, 0.1) is 0 Å². The number of anilines is 1. The van der Waals surface area contributed by atoms with Crippen LogP contribution < -0.4 is 4.90 Å². The molecule has 0 fully saturated rings. The summed E-state index contributed by atoms with van der Waals surface area (Å²) in [6, 6.07) is 12.7. The molecule has 0 amide bonds. The zero-order valence-electron chi connectivity index (χ0n) is 12.7. The molecule has 0 aromatic heterocycles. The third kappa shape index (κ3) is 3.34. The van der Waals surface area contributed by atoms with Crippen molar-refractivity contribution in [3.63, 3.8) is 0 Å². The number of Topliss-reactive ketones (excluding diaryl/α,β-unsaturated/α-hetero) is 2. The summed E-state index contributed by atoms with van der Waals surface area (Å²) >= 11 is 0. The van der Waals surface area contributed by atoms with E-state index in [1.54, 1.807) is 12.1 Å². The van der Waals surface area contributed by atoms with Crippen molar-refractivity contribution >= 4 is 17.3 Å². The predicted octanol–water partition coefficient (Wildman–Crippen LogP) is 3.30. The quantitative estimate of drug-likeness (QED) is 0.656.